The summed E-state index contributed by atoms with van der Waals surface area (Å²) in [5.74, 6) is 2.02. The summed E-state index contributed by atoms with van der Waals surface area (Å²) in [5, 5.41) is 0. The van der Waals surface area contributed by atoms with Gasteiger partial charge in [-0.05, 0) is 36.4 Å². The van der Waals surface area contributed by atoms with Gasteiger partial charge in [-0.25, -0.2) is 14.8 Å². The summed E-state index contributed by atoms with van der Waals surface area (Å²) in [6, 6.07) is 21.2. The second kappa shape index (κ2) is 9.86. The first kappa shape index (κ1) is 20.5. The van der Waals surface area contributed by atoms with Crippen molar-refractivity contribution in [3.63, 3.8) is 0 Å². The van der Waals surface area contributed by atoms with Crippen molar-refractivity contribution >= 4 is 36.1 Å². The maximum atomic E-state index is 11.1. The predicted octanol–water partition coefficient (Wildman–Crippen LogP) is 5.25. The molecule has 0 amide bonds. The molecule has 0 saturated heterocycles. The first-order valence-electron chi connectivity index (χ1n) is 9.44. The van der Waals surface area contributed by atoms with Crippen molar-refractivity contribution in [2.45, 2.75) is 0 Å². The number of hydrogen-bond acceptors (Lipinski definition) is 8. The Hall–Kier alpha value is -4.72. The van der Waals surface area contributed by atoms with Crippen molar-refractivity contribution in [3.05, 3.63) is 84.9 Å². The van der Waals surface area contributed by atoms with Gasteiger partial charge in [0.15, 0.2) is 6.40 Å². The molecule has 0 N–H and O–H groups in total. The van der Waals surface area contributed by atoms with Gasteiger partial charge >= 0.3 is 5.97 Å². The van der Waals surface area contributed by atoms with E-state index < -0.39 is 5.97 Å². The number of benzene rings is 3. The Morgan fingerprint density at radius 2 is 1.34 bits per heavy atom. The van der Waals surface area contributed by atoms with E-state index in [1.807, 2.05) is 0 Å². The smallest absolute Gasteiger partial charge is 0.337 e. The minimum Gasteiger partial charge on any atom is -0.457 e. The Labute approximate surface area is 183 Å². The number of carbonyl (C=O) groups is 2. The maximum absolute atomic E-state index is 11.1. The first-order chi connectivity index (χ1) is 15.7. The number of cyclic esters (lactones) is 1. The van der Waals surface area contributed by atoms with E-state index in [-0.39, 0.29) is 5.90 Å². The molecule has 0 bridgehead atoms. The van der Waals surface area contributed by atoms with Crippen LogP contribution in [0.1, 0.15) is 0 Å². The number of carbonyl (C=O) groups excluding carboxylic acids is 2. The summed E-state index contributed by atoms with van der Waals surface area (Å²) >= 11 is 0. The molecule has 8 nitrogen and oxygen atoms in total. The Morgan fingerprint density at radius 3 is 1.97 bits per heavy atom. The van der Waals surface area contributed by atoms with Gasteiger partial charge in [-0.2, -0.15) is 0 Å². The van der Waals surface area contributed by atoms with E-state index >= 15 is 0 Å². The highest BCUT2D eigenvalue weighted by Gasteiger charge is 2.11. The molecule has 3 aromatic rings. The van der Waals surface area contributed by atoms with Gasteiger partial charge in [0.25, 0.3) is 6.47 Å². The molecule has 0 spiro atoms. The van der Waals surface area contributed by atoms with E-state index in [1.165, 1.54) is 12.2 Å². The summed E-state index contributed by atoms with van der Waals surface area (Å²) in [6.07, 6.45) is 3.87. The third-order valence-corrected chi connectivity index (χ3v) is 4.04. The van der Waals surface area contributed by atoms with Crippen LogP contribution in [0.25, 0.3) is 0 Å². The topological polar surface area (TPSA) is 95.8 Å². The molecule has 0 fully saturated rings. The van der Waals surface area contributed by atoms with Crippen molar-refractivity contribution in [3.8, 4) is 23.0 Å². The summed E-state index contributed by atoms with van der Waals surface area (Å²) < 4.78 is 21.2. The molecular formula is C24H16N2O6. The number of esters is 1. The van der Waals surface area contributed by atoms with Crippen molar-refractivity contribution < 1.29 is 28.5 Å². The quantitative estimate of drug-likeness (QED) is 0.211. The molecule has 0 unspecified atom stereocenters. The molecule has 0 aliphatic carbocycles. The van der Waals surface area contributed by atoms with E-state index in [2.05, 4.69) is 14.7 Å². The van der Waals surface area contributed by atoms with Crippen molar-refractivity contribution in [1.29, 1.82) is 0 Å². The summed E-state index contributed by atoms with van der Waals surface area (Å²) in [5.41, 5.74) is 1.15. The van der Waals surface area contributed by atoms with Crippen molar-refractivity contribution in [2.24, 2.45) is 9.98 Å². The fourth-order valence-electron chi connectivity index (χ4n) is 2.73. The Balaban J connectivity index is 1.45. The van der Waals surface area contributed by atoms with Gasteiger partial charge in [-0.15, -0.1) is 0 Å². The SMILES string of the molecule is O=COC=Nc1cccc(Oc2cccc(Oc3cccc(N=C4C=CC(=O)O4)c3)c2)c1. The van der Waals surface area contributed by atoms with E-state index in [4.69, 9.17) is 14.2 Å². The van der Waals surface area contributed by atoms with Crippen LogP contribution in [0.5, 0.6) is 23.0 Å². The molecule has 1 heterocycles. The number of nitrogens with zero attached hydrogens (tertiary/aromatic N) is 2. The predicted molar refractivity (Wildman–Crippen MR) is 117 cm³/mol. The van der Waals surface area contributed by atoms with Gasteiger partial charge < -0.3 is 18.9 Å². The lowest BCUT2D eigenvalue weighted by Crippen LogP contribution is -1.98. The van der Waals surface area contributed by atoms with E-state index in [0.29, 0.717) is 40.8 Å². The molecule has 4 rings (SSSR count). The summed E-state index contributed by atoms with van der Waals surface area (Å²) in [7, 11) is 0. The van der Waals surface area contributed by atoms with Gasteiger partial charge in [0.1, 0.15) is 23.0 Å². The minimum absolute atomic E-state index is 0.229. The second-order valence-corrected chi connectivity index (χ2v) is 6.34. The van der Waals surface area contributed by atoms with Crippen LogP contribution in [0.4, 0.5) is 11.4 Å². The molecule has 8 heteroatoms. The van der Waals surface area contributed by atoms with Crippen LogP contribution in [-0.2, 0) is 19.1 Å². The van der Waals surface area contributed by atoms with Crippen LogP contribution < -0.4 is 9.47 Å². The zero-order valence-electron chi connectivity index (χ0n) is 16.6. The zero-order valence-corrected chi connectivity index (χ0v) is 16.6. The first-order valence-corrected chi connectivity index (χ1v) is 9.44. The molecule has 1 aliphatic heterocycles. The van der Waals surface area contributed by atoms with E-state index in [0.717, 1.165) is 6.40 Å². The molecule has 32 heavy (non-hydrogen) atoms. The monoisotopic (exact) mass is 428 g/mol. The number of hydrogen-bond donors (Lipinski definition) is 0. The molecule has 0 radical (unpaired) electrons. The third-order valence-electron chi connectivity index (χ3n) is 4.04. The lowest BCUT2D eigenvalue weighted by molar-refractivity contribution is -0.129. The van der Waals surface area contributed by atoms with Crippen molar-refractivity contribution in [2.75, 3.05) is 0 Å². The van der Waals surface area contributed by atoms with Gasteiger partial charge in [-0.1, -0.05) is 18.2 Å². The van der Waals surface area contributed by atoms with Gasteiger partial charge in [0.2, 0.25) is 5.90 Å². The molecular weight excluding hydrogens is 412 g/mol. The average molecular weight is 428 g/mol. The summed E-state index contributed by atoms with van der Waals surface area (Å²) in [6.45, 7) is 0.290. The fourth-order valence-corrected chi connectivity index (χ4v) is 2.73. The Morgan fingerprint density at radius 1 is 0.750 bits per heavy atom. The van der Waals surface area contributed by atoms with Crippen LogP contribution in [0.2, 0.25) is 0 Å². The van der Waals surface area contributed by atoms with E-state index in [1.54, 1.807) is 72.8 Å². The number of ether oxygens (including phenoxy) is 4. The zero-order chi connectivity index (χ0) is 22.2. The average Bonchev–Trinajstić information content (AvgIpc) is 3.19. The van der Waals surface area contributed by atoms with Gasteiger partial charge in [-0.3, -0.25) is 4.79 Å². The lowest BCUT2D eigenvalue weighted by atomic mass is 10.3. The van der Waals surface area contributed by atoms with Crippen LogP contribution >= 0.6 is 0 Å². The Kier molecular flexibility index (Phi) is 6.33. The number of aliphatic imine (C=N–C) groups is 2. The molecule has 3 aromatic carbocycles. The van der Waals surface area contributed by atoms with Crippen LogP contribution in [0.15, 0.2) is 94.9 Å². The molecule has 0 aromatic heterocycles. The van der Waals surface area contributed by atoms with Crippen LogP contribution in [0.3, 0.4) is 0 Å². The highest BCUT2D eigenvalue weighted by atomic mass is 16.5. The lowest BCUT2D eigenvalue weighted by Gasteiger charge is -2.10. The largest absolute Gasteiger partial charge is 0.457 e. The second-order valence-electron chi connectivity index (χ2n) is 6.34. The highest BCUT2D eigenvalue weighted by molar-refractivity contribution is 6.08. The highest BCUT2D eigenvalue weighted by Crippen LogP contribution is 2.31. The van der Waals surface area contributed by atoms with Gasteiger partial charge in [0, 0.05) is 30.4 Å². The molecule has 158 valence electrons. The Bertz CT molecular complexity index is 1230. The molecule has 1 aliphatic rings. The fraction of sp³-hybridized carbons (Fsp3) is 0. The maximum Gasteiger partial charge on any atom is 0.337 e. The summed E-state index contributed by atoms with van der Waals surface area (Å²) in [4.78, 5) is 29.6. The standard InChI is InChI=1S/C24H16N2O6/c27-16-29-15-25-17-4-1-6-19(12-17)30-21-8-3-9-22(14-21)31-20-7-2-5-18(13-20)26-23-10-11-24(28)32-23/h1-16H. The van der Waals surface area contributed by atoms with Crippen LogP contribution in [-0.4, -0.2) is 24.7 Å². The van der Waals surface area contributed by atoms with Crippen molar-refractivity contribution in [1.82, 2.24) is 0 Å². The third kappa shape index (κ3) is 5.67. The van der Waals surface area contributed by atoms with Crippen LogP contribution in [0, 0.1) is 0 Å². The van der Waals surface area contributed by atoms with E-state index in [9.17, 15) is 9.59 Å². The minimum atomic E-state index is -0.445. The number of rotatable bonds is 8. The van der Waals surface area contributed by atoms with Gasteiger partial charge in [0.05, 0.1) is 11.4 Å². The molecule has 0 saturated carbocycles. The molecule has 0 atom stereocenters. The normalized spacial score (nSPS) is 13.9.